The Morgan fingerprint density at radius 1 is 1.18 bits per heavy atom. The number of rotatable bonds is 2. The fraction of sp³-hybridized carbons (Fsp3) is 0.800. The van der Waals surface area contributed by atoms with Crippen LogP contribution < -0.4 is 10.6 Å². The lowest BCUT2D eigenvalue weighted by atomic mass is 10.0. The highest BCUT2D eigenvalue weighted by Crippen LogP contribution is 2.27. The number of ether oxygens (including phenoxy) is 2. The summed E-state index contributed by atoms with van der Waals surface area (Å²) in [4.78, 5) is 6.41. The van der Waals surface area contributed by atoms with Gasteiger partial charge in [-0.25, -0.2) is 0 Å². The number of hydrogen-bond donors (Lipinski definition) is 1. The predicted molar refractivity (Wildman–Crippen MR) is 58.6 cm³/mol. The molecule has 17 heavy (non-hydrogen) atoms. The molecule has 2 fully saturated rings. The van der Waals surface area contributed by atoms with Gasteiger partial charge in [0.15, 0.2) is 0 Å². The lowest BCUT2D eigenvalue weighted by Crippen LogP contribution is -2.38. The molecule has 7 heteroatoms. The zero-order valence-corrected chi connectivity index (χ0v) is 9.59. The predicted octanol–water partition coefficient (Wildman–Crippen LogP) is -0.520. The lowest BCUT2D eigenvalue weighted by molar-refractivity contribution is 0.121. The molecule has 0 bridgehead atoms. The molecule has 1 atom stereocenters. The van der Waals surface area contributed by atoms with Crippen LogP contribution in [0.5, 0.6) is 0 Å². The van der Waals surface area contributed by atoms with E-state index in [-0.39, 0.29) is 0 Å². The third kappa shape index (κ3) is 2.01. The fourth-order valence-corrected chi connectivity index (χ4v) is 2.06. The van der Waals surface area contributed by atoms with Crippen molar-refractivity contribution in [2.75, 3.05) is 44.4 Å². The lowest BCUT2D eigenvalue weighted by Gasteiger charge is -2.24. The molecule has 3 heterocycles. The van der Waals surface area contributed by atoms with Crippen LogP contribution in [0, 0.1) is 0 Å². The minimum absolute atomic E-state index is 0.442. The molecule has 2 N–H and O–H groups in total. The van der Waals surface area contributed by atoms with E-state index < -0.39 is 5.54 Å². The van der Waals surface area contributed by atoms with Crippen molar-refractivity contribution in [3.8, 4) is 0 Å². The Kier molecular flexibility index (Phi) is 2.73. The summed E-state index contributed by atoms with van der Waals surface area (Å²) in [6, 6.07) is 0. The van der Waals surface area contributed by atoms with Gasteiger partial charge in [0.1, 0.15) is 5.54 Å². The second-order valence-electron chi connectivity index (χ2n) is 4.46. The van der Waals surface area contributed by atoms with Crippen molar-refractivity contribution < 1.29 is 14.0 Å². The smallest absolute Gasteiger partial charge is 0.266 e. The van der Waals surface area contributed by atoms with Gasteiger partial charge in [-0.1, -0.05) is 0 Å². The molecule has 3 rings (SSSR count). The second kappa shape index (κ2) is 4.25. The summed E-state index contributed by atoms with van der Waals surface area (Å²) < 4.78 is 15.8. The quantitative estimate of drug-likeness (QED) is 0.744. The van der Waals surface area contributed by atoms with E-state index >= 15 is 0 Å². The summed E-state index contributed by atoms with van der Waals surface area (Å²) in [6.45, 7) is 4.05. The molecular weight excluding hydrogens is 224 g/mol. The minimum atomic E-state index is -0.614. The number of morpholine rings is 1. The van der Waals surface area contributed by atoms with Crippen LogP contribution in [0.15, 0.2) is 4.52 Å². The van der Waals surface area contributed by atoms with Gasteiger partial charge in [0.2, 0.25) is 0 Å². The highest BCUT2D eigenvalue weighted by Gasteiger charge is 2.38. The van der Waals surface area contributed by atoms with E-state index in [0.717, 1.165) is 19.5 Å². The van der Waals surface area contributed by atoms with Crippen LogP contribution in [0.1, 0.15) is 12.3 Å². The van der Waals surface area contributed by atoms with Gasteiger partial charge in [-0.3, -0.25) is 0 Å². The standard InChI is InChI=1S/C10H16N4O3/c11-10(1-4-16-7-10)8-12-9(13-17-8)14-2-5-15-6-3-14/h1-7,11H2. The zero-order chi connectivity index (χ0) is 11.7. The van der Waals surface area contributed by atoms with Crippen molar-refractivity contribution in [1.29, 1.82) is 0 Å². The molecule has 2 saturated heterocycles. The van der Waals surface area contributed by atoms with Gasteiger partial charge in [0.05, 0.1) is 19.8 Å². The van der Waals surface area contributed by atoms with E-state index in [1.165, 1.54) is 0 Å². The number of nitrogens with zero attached hydrogens (tertiary/aromatic N) is 3. The first-order valence-corrected chi connectivity index (χ1v) is 5.81. The minimum Gasteiger partial charge on any atom is -0.379 e. The summed E-state index contributed by atoms with van der Waals surface area (Å²) in [5, 5.41) is 3.98. The molecule has 1 aromatic rings. The molecule has 94 valence electrons. The van der Waals surface area contributed by atoms with Crippen LogP contribution in [-0.2, 0) is 15.0 Å². The molecule has 0 amide bonds. The molecule has 0 aliphatic carbocycles. The molecule has 2 aliphatic heterocycles. The Bertz CT molecular complexity index is 383. The summed E-state index contributed by atoms with van der Waals surface area (Å²) >= 11 is 0. The van der Waals surface area contributed by atoms with Crippen molar-refractivity contribution >= 4 is 5.95 Å². The Morgan fingerprint density at radius 2 is 2.00 bits per heavy atom. The van der Waals surface area contributed by atoms with Crippen LogP contribution in [0.25, 0.3) is 0 Å². The first-order valence-electron chi connectivity index (χ1n) is 5.81. The average Bonchev–Trinajstić information content (AvgIpc) is 2.99. The third-order valence-corrected chi connectivity index (χ3v) is 3.19. The summed E-state index contributed by atoms with van der Waals surface area (Å²) in [5.41, 5.74) is 5.55. The van der Waals surface area contributed by atoms with E-state index in [2.05, 4.69) is 10.1 Å². The Labute approximate surface area is 98.9 Å². The van der Waals surface area contributed by atoms with Crippen LogP contribution in [0.2, 0.25) is 0 Å². The molecule has 0 radical (unpaired) electrons. The summed E-state index contributed by atoms with van der Waals surface area (Å²) in [7, 11) is 0. The second-order valence-corrected chi connectivity index (χ2v) is 4.46. The van der Waals surface area contributed by atoms with E-state index in [4.69, 9.17) is 19.7 Å². The summed E-state index contributed by atoms with van der Waals surface area (Å²) in [6.07, 6.45) is 0.720. The van der Waals surface area contributed by atoms with Gasteiger partial charge >= 0.3 is 0 Å². The fourth-order valence-electron chi connectivity index (χ4n) is 2.06. The van der Waals surface area contributed by atoms with Gasteiger partial charge in [0, 0.05) is 19.7 Å². The Morgan fingerprint density at radius 3 is 2.71 bits per heavy atom. The Balaban J connectivity index is 1.77. The molecule has 0 aromatic carbocycles. The van der Waals surface area contributed by atoms with Crippen LogP contribution in [-0.4, -0.2) is 49.7 Å². The van der Waals surface area contributed by atoms with E-state index in [9.17, 15) is 0 Å². The maximum Gasteiger partial charge on any atom is 0.266 e. The first-order chi connectivity index (χ1) is 8.28. The van der Waals surface area contributed by atoms with E-state index in [1.807, 2.05) is 4.90 Å². The van der Waals surface area contributed by atoms with Crippen LogP contribution >= 0.6 is 0 Å². The van der Waals surface area contributed by atoms with Gasteiger partial charge in [-0.2, -0.15) is 4.98 Å². The molecule has 1 unspecified atom stereocenters. The topological polar surface area (TPSA) is 86.6 Å². The van der Waals surface area contributed by atoms with E-state index in [1.54, 1.807) is 0 Å². The van der Waals surface area contributed by atoms with Crippen LogP contribution in [0.4, 0.5) is 5.95 Å². The largest absolute Gasteiger partial charge is 0.379 e. The zero-order valence-electron chi connectivity index (χ0n) is 9.59. The highest BCUT2D eigenvalue weighted by atomic mass is 16.5. The SMILES string of the molecule is NC1(c2nc(N3CCOCC3)no2)CCOC1. The molecule has 0 spiro atoms. The Hall–Kier alpha value is -1.18. The van der Waals surface area contributed by atoms with Gasteiger partial charge in [0.25, 0.3) is 11.8 Å². The first kappa shape index (κ1) is 10.9. The highest BCUT2D eigenvalue weighted by molar-refractivity contribution is 5.29. The van der Waals surface area contributed by atoms with Crippen molar-refractivity contribution in [3.63, 3.8) is 0 Å². The molecular formula is C10H16N4O3. The number of aromatic nitrogens is 2. The molecule has 7 nitrogen and oxygen atoms in total. The van der Waals surface area contributed by atoms with E-state index in [0.29, 0.717) is 38.3 Å². The third-order valence-electron chi connectivity index (χ3n) is 3.19. The number of anilines is 1. The van der Waals surface area contributed by atoms with Crippen molar-refractivity contribution in [3.05, 3.63) is 5.89 Å². The van der Waals surface area contributed by atoms with Gasteiger partial charge in [-0.15, -0.1) is 0 Å². The molecule has 0 saturated carbocycles. The molecule has 2 aliphatic rings. The van der Waals surface area contributed by atoms with Crippen molar-refractivity contribution in [2.45, 2.75) is 12.0 Å². The van der Waals surface area contributed by atoms with Gasteiger partial charge < -0.3 is 24.6 Å². The normalized spacial score (nSPS) is 29.8. The summed E-state index contributed by atoms with van der Waals surface area (Å²) in [5.74, 6) is 1.07. The van der Waals surface area contributed by atoms with Crippen LogP contribution in [0.3, 0.4) is 0 Å². The maximum absolute atomic E-state index is 6.16. The number of hydrogen-bond acceptors (Lipinski definition) is 7. The average molecular weight is 240 g/mol. The number of nitrogens with two attached hydrogens (primary N) is 1. The monoisotopic (exact) mass is 240 g/mol. The maximum atomic E-state index is 6.16. The van der Waals surface area contributed by atoms with Gasteiger partial charge in [-0.05, 0) is 11.6 Å². The van der Waals surface area contributed by atoms with Crippen molar-refractivity contribution in [2.24, 2.45) is 5.73 Å². The molecule has 1 aromatic heterocycles. The van der Waals surface area contributed by atoms with Crippen molar-refractivity contribution in [1.82, 2.24) is 10.1 Å².